The summed E-state index contributed by atoms with van der Waals surface area (Å²) in [6, 6.07) is 3.65. The van der Waals surface area contributed by atoms with Gasteiger partial charge in [-0.2, -0.15) is 0 Å². The maximum atomic E-state index is 11.8. The van der Waals surface area contributed by atoms with Gasteiger partial charge in [0.25, 0.3) is 5.91 Å². The normalized spacial score (nSPS) is 10.0. The molecule has 0 unspecified atom stereocenters. The van der Waals surface area contributed by atoms with Gasteiger partial charge in [-0.15, -0.1) is 0 Å². The number of hydrogen-bond donors (Lipinski definition) is 1. The highest BCUT2D eigenvalue weighted by Crippen LogP contribution is 2.23. The molecule has 0 fully saturated rings. The minimum absolute atomic E-state index is 0.00916. The molecule has 0 saturated heterocycles. The third kappa shape index (κ3) is 2.54. The Morgan fingerprint density at radius 1 is 1.31 bits per heavy atom. The standard InChI is InChI=1S/C13H19NO2/c1-5-8-14-13(15)11-6-7-12(16-4)10(3)9(11)2/h6-7H,5,8H2,1-4H3,(H,14,15). The van der Waals surface area contributed by atoms with Crippen LogP contribution in [-0.2, 0) is 0 Å². The van der Waals surface area contributed by atoms with Crippen LogP contribution in [0.2, 0.25) is 0 Å². The Kier molecular flexibility index (Phi) is 4.35. The maximum Gasteiger partial charge on any atom is 0.251 e. The van der Waals surface area contributed by atoms with Gasteiger partial charge in [0, 0.05) is 12.1 Å². The molecular weight excluding hydrogens is 202 g/mol. The van der Waals surface area contributed by atoms with E-state index in [-0.39, 0.29) is 5.91 Å². The summed E-state index contributed by atoms with van der Waals surface area (Å²) in [5.74, 6) is 0.814. The number of amides is 1. The van der Waals surface area contributed by atoms with Crippen molar-refractivity contribution in [1.82, 2.24) is 5.32 Å². The number of nitrogens with one attached hydrogen (secondary N) is 1. The molecule has 16 heavy (non-hydrogen) atoms. The average molecular weight is 221 g/mol. The van der Waals surface area contributed by atoms with E-state index < -0.39 is 0 Å². The Balaban J connectivity index is 2.98. The van der Waals surface area contributed by atoms with Crippen LogP contribution < -0.4 is 10.1 Å². The predicted octanol–water partition coefficient (Wildman–Crippen LogP) is 2.45. The molecule has 3 nitrogen and oxygen atoms in total. The lowest BCUT2D eigenvalue weighted by molar-refractivity contribution is 0.0953. The molecule has 88 valence electrons. The smallest absolute Gasteiger partial charge is 0.251 e. The van der Waals surface area contributed by atoms with Crippen molar-refractivity contribution in [2.75, 3.05) is 13.7 Å². The fourth-order valence-electron chi connectivity index (χ4n) is 1.60. The van der Waals surface area contributed by atoms with Crippen molar-refractivity contribution in [2.45, 2.75) is 27.2 Å². The molecule has 1 aromatic rings. The molecule has 0 aliphatic heterocycles. The van der Waals surface area contributed by atoms with E-state index in [1.54, 1.807) is 7.11 Å². The zero-order valence-electron chi connectivity index (χ0n) is 10.4. The van der Waals surface area contributed by atoms with Crippen LogP contribution in [0.3, 0.4) is 0 Å². The summed E-state index contributed by atoms with van der Waals surface area (Å²) in [6.07, 6.45) is 0.944. The lowest BCUT2D eigenvalue weighted by Crippen LogP contribution is -2.25. The van der Waals surface area contributed by atoms with Gasteiger partial charge in [0.2, 0.25) is 0 Å². The Bertz CT molecular complexity index is 386. The number of carbonyl (C=O) groups excluding carboxylic acids is 1. The molecule has 0 aromatic heterocycles. The number of methoxy groups -OCH3 is 1. The predicted molar refractivity (Wildman–Crippen MR) is 65.1 cm³/mol. The van der Waals surface area contributed by atoms with Gasteiger partial charge in [0.1, 0.15) is 5.75 Å². The van der Waals surface area contributed by atoms with E-state index in [1.165, 1.54) is 0 Å². The van der Waals surface area contributed by atoms with Crippen LogP contribution >= 0.6 is 0 Å². The number of carbonyl (C=O) groups is 1. The molecule has 0 saturated carbocycles. The van der Waals surface area contributed by atoms with Crippen LogP contribution in [0.5, 0.6) is 5.75 Å². The average Bonchev–Trinajstić information content (AvgIpc) is 2.29. The zero-order valence-corrected chi connectivity index (χ0v) is 10.4. The Morgan fingerprint density at radius 2 is 2.00 bits per heavy atom. The molecule has 0 atom stereocenters. The topological polar surface area (TPSA) is 38.3 Å². The van der Waals surface area contributed by atoms with E-state index in [9.17, 15) is 4.79 Å². The number of rotatable bonds is 4. The van der Waals surface area contributed by atoms with Gasteiger partial charge < -0.3 is 10.1 Å². The first-order valence-electron chi connectivity index (χ1n) is 5.54. The molecule has 1 N–H and O–H groups in total. The molecule has 0 heterocycles. The molecule has 0 aliphatic carbocycles. The first-order valence-corrected chi connectivity index (χ1v) is 5.54. The Labute approximate surface area is 96.8 Å². The van der Waals surface area contributed by atoms with Gasteiger partial charge in [-0.05, 0) is 43.5 Å². The van der Waals surface area contributed by atoms with E-state index in [0.29, 0.717) is 6.54 Å². The van der Waals surface area contributed by atoms with Gasteiger partial charge in [0.05, 0.1) is 7.11 Å². The second-order valence-electron chi connectivity index (χ2n) is 3.82. The van der Waals surface area contributed by atoms with E-state index in [2.05, 4.69) is 5.32 Å². The largest absolute Gasteiger partial charge is 0.496 e. The molecular formula is C13H19NO2. The second-order valence-corrected chi connectivity index (χ2v) is 3.82. The van der Waals surface area contributed by atoms with Crippen molar-refractivity contribution in [3.63, 3.8) is 0 Å². The van der Waals surface area contributed by atoms with Gasteiger partial charge in [-0.1, -0.05) is 6.92 Å². The summed E-state index contributed by atoms with van der Waals surface area (Å²) in [5, 5.41) is 2.87. The lowest BCUT2D eigenvalue weighted by atomic mass is 10.0. The second kappa shape index (κ2) is 5.54. The van der Waals surface area contributed by atoms with Crippen molar-refractivity contribution in [1.29, 1.82) is 0 Å². The maximum absolute atomic E-state index is 11.8. The Morgan fingerprint density at radius 3 is 2.56 bits per heavy atom. The third-order valence-electron chi connectivity index (χ3n) is 2.74. The SMILES string of the molecule is CCCNC(=O)c1ccc(OC)c(C)c1C. The summed E-state index contributed by atoms with van der Waals surface area (Å²) < 4.78 is 5.21. The molecule has 1 rings (SSSR count). The van der Waals surface area contributed by atoms with Crippen molar-refractivity contribution >= 4 is 5.91 Å². The van der Waals surface area contributed by atoms with E-state index >= 15 is 0 Å². The summed E-state index contributed by atoms with van der Waals surface area (Å²) >= 11 is 0. The van der Waals surface area contributed by atoms with Gasteiger partial charge >= 0.3 is 0 Å². The van der Waals surface area contributed by atoms with E-state index in [4.69, 9.17) is 4.74 Å². The van der Waals surface area contributed by atoms with Gasteiger partial charge in [-0.25, -0.2) is 0 Å². The van der Waals surface area contributed by atoms with Crippen LogP contribution in [0.1, 0.15) is 34.8 Å². The minimum atomic E-state index is -0.00916. The van der Waals surface area contributed by atoms with Crippen molar-refractivity contribution < 1.29 is 9.53 Å². The van der Waals surface area contributed by atoms with Gasteiger partial charge in [-0.3, -0.25) is 4.79 Å². The summed E-state index contributed by atoms with van der Waals surface area (Å²) in [4.78, 5) is 11.8. The summed E-state index contributed by atoms with van der Waals surface area (Å²) in [6.45, 7) is 6.65. The van der Waals surface area contributed by atoms with Crippen LogP contribution in [-0.4, -0.2) is 19.6 Å². The molecule has 0 bridgehead atoms. The zero-order chi connectivity index (χ0) is 12.1. The summed E-state index contributed by atoms with van der Waals surface area (Å²) in [7, 11) is 1.64. The highest BCUT2D eigenvalue weighted by molar-refractivity contribution is 5.96. The molecule has 1 aromatic carbocycles. The number of ether oxygens (including phenoxy) is 1. The van der Waals surface area contributed by atoms with E-state index in [1.807, 2.05) is 32.9 Å². The molecule has 0 aliphatic rings. The molecule has 0 spiro atoms. The fraction of sp³-hybridized carbons (Fsp3) is 0.462. The first-order chi connectivity index (χ1) is 7.61. The monoisotopic (exact) mass is 221 g/mol. The van der Waals surface area contributed by atoms with Gasteiger partial charge in [0.15, 0.2) is 0 Å². The molecule has 0 radical (unpaired) electrons. The van der Waals surface area contributed by atoms with Crippen LogP contribution in [0.25, 0.3) is 0 Å². The van der Waals surface area contributed by atoms with E-state index in [0.717, 1.165) is 28.9 Å². The highest BCUT2D eigenvalue weighted by atomic mass is 16.5. The van der Waals surface area contributed by atoms with Crippen molar-refractivity contribution in [3.05, 3.63) is 28.8 Å². The molecule has 1 amide bonds. The lowest BCUT2D eigenvalue weighted by Gasteiger charge is -2.12. The fourth-order valence-corrected chi connectivity index (χ4v) is 1.60. The van der Waals surface area contributed by atoms with Crippen molar-refractivity contribution in [2.24, 2.45) is 0 Å². The highest BCUT2D eigenvalue weighted by Gasteiger charge is 2.12. The van der Waals surface area contributed by atoms with Crippen molar-refractivity contribution in [3.8, 4) is 5.75 Å². The first kappa shape index (κ1) is 12.6. The van der Waals surface area contributed by atoms with Crippen LogP contribution in [0.4, 0.5) is 0 Å². The van der Waals surface area contributed by atoms with Crippen LogP contribution in [0, 0.1) is 13.8 Å². The molecule has 3 heteroatoms. The quantitative estimate of drug-likeness (QED) is 0.848. The van der Waals surface area contributed by atoms with Crippen LogP contribution in [0.15, 0.2) is 12.1 Å². The third-order valence-corrected chi connectivity index (χ3v) is 2.74. The minimum Gasteiger partial charge on any atom is -0.496 e. The summed E-state index contributed by atoms with van der Waals surface area (Å²) in [5.41, 5.74) is 2.73. The number of hydrogen-bond acceptors (Lipinski definition) is 2. The number of benzene rings is 1. The Hall–Kier alpha value is -1.51.